The molecule has 7 nitrogen and oxygen atoms in total. The smallest absolute Gasteiger partial charge is 0.340 e. The molecule has 1 aromatic carbocycles. The number of ether oxygens (including phenoxy) is 1. The largest absolute Gasteiger partial charge is 0.454 e. The molecule has 0 spiro atoms. The molecule has 8 heteroatoms. The van der Waals surface area contributed by atoms with E-state index in [1.807, 2.05) is 35.9 Å². The number of Topliss-reactive ketones (excluding diaryl/α,β-unsaturated/α-hetero) is 1. The zero-order valence-electron chi connectivity index (χ0n) is 16.3. The molecule has 3 aromatic rings. The monoisotopic (exact) mass is 412 g/mol. The molecule has 0 N–H and O–H groups in total. The van der Waals surface area contributed by atoms with E-state index >= 15 is 0 Å². The van der Waals surface area contributed by atoms with E-state index in [0.29, 0.717) is 17.7 Å². The third kappa shape index (κ3) is 4.43. The lowest BCUT2D eigenvalue weighted by atomic mass is 10.1. The van der Waals surface area contributed by atoms with Crippen molar-refractivity contribution in [3.8, 4) is 0 Å². The summed E-state index contributed by atoms with van der Waals surface area (Å²) in [4.78, 5) is 36.5. The number of aromatic nitrogens is 1. The van der Waals surface area contributed by atoms with Crippen LogP contribution in [0.4, 0.5) is 5.69 Å². The highest BCUT2D eigenvalue weighted by Gasteiger charge is 2.20. The summed E-state index contributed by atoms with van der Waals surface area (Å²) in [6, 6.07) is 9.95. The van der Waals surface area contributed by atoms with Crippen LogP contribution in [0.5, 0.6) is 0 Å². The molecule has 150 valence electrons. The van der Waals surface area contributed by atoms with E-state index in [9.17, 15) is 19.7 Å². The van der Waals surface area contributed by atoms with Crippen LogP contribution in [-0.4, -0.2) is 27.8 Å². The zero-order valence-corrected chi connectivity index (χ0v) is 17.1. The number of nitro benzene ring substituents is 1. The van der Waals surface area contributed by atoms with Crippen LogP contribution >= 0.6 is 11.3 Å². The predicted molar refractivity (Wildman–Crippen MR) is 110 cm³/mol. The molecule has 2 aromatic heterocycles. The maximum atomic E-state index is 12.5. The first-order valence-corrected chi connectivity index (χ1v) is 9.80. The van der Waals surface area contributed by atoms with E-state index in [0.717, 1.165) is 11.4 Å². The minimum Gasteiger partial charge on any atom is -0.454 e. The number of hydrogen-bond donors (Lipinski definition) is 0. The molecule has 0 bridgehead atoms. The van der Waals surface area contributed by atoms with Gasteiger partial charge in [-0.3, -0.25) is 14.9 Å². The van der Waals surface area contributed by atoms with Crippen LogP contribution in [0, 0.1) is 30.9 Å². The summed E-state index contributed by atoms with van der Waals surface area (Å²) in [6.07, 6.45) is 0. The number of thiophene rings is 1. The number of benzene rings is 1. The second kappa shape index (κ2) is 8.40. The van der Waals surface area contributed by atoms with Crippen molar-refractivity contribution < 1.29 is 19.2 Å². The van der Waals surface area contributed by atoms with Gasteiger partial charge in [0.1, 0.15) is 0 Å². The highest BCUT2D eigenvalue weighted by atomic mass is 32.1. The summed E-state index contributed by atoms with van der Waals surface area (Å²) in [5.74, 6) is -1.08. The van der Waals surface area contributed by atoms with Crippen LogP contribution < -0.4 is 0 Å². The second-order valence-corrected chi connectivity index (χ2v) is 7.74. The standard InChI is InChI=1S/C21H20N2O5S/c1-13-6-7-16(10-19(13)23(26)27)20(24)12-28-21(25)18-9-14(2)22(15(18)3)11-17-5-4-8-29-17/h4-10H,11-12H2,1-3H3. The van der Waals surface area contributed by atoms with Gasteiger partial charge >= 0.3 is 5.97 Å². The van der Waals surface area contributed by atoms with E-state index in [1.165, 1.54) is 23.1 Å². The van der Waals surface area contributed by atoms with E-state index in [1.54, 1.807) is 24.3 Å². The number of rotatable bonds is 7. The van der Waals surface area contributed by atoms with E-state index in [-0.39, 0.29) is 11.3 Å². The van der Waals surface area contributed by atoms with Gasteiger partial charge in [-0.25, -0.2) is 4.79 Å². The third-order valence-corrected chi connectivity index (χ3v) is 5.61. The van der Waals surface area contributed by atoms with Gasteiger partial charge in [0.25, 0.3) is 5.69 Å². The molecule has 0 aliphatic heterocycles. The Kier molecular flexibility index (Phi) is 5.93. The van der Waals surface area contributed by atoms with Gasteiger partial charge in [0.2, 0.25) is 5.78 Å². The Labute approximate surface area is 171 Å². The molecule has 0 amide bonds. The second-order valence-electron chi connectivity index (χ2n) is 6.71. The molecule has 0 fully saturated rings. The Morgan fingerprint density at radius 3 is 2.59 bits per heavy atom. The number of carbonyl (C=O) groups is 2. The first-order valence-electron chi connectivity index (χ1n) is 8.92. The van der Waals surface area contributed by atoms with E-state index in [4.69, 9.17) is 4.74 Å². The minimum atomic E-state index is -0.592. The summed E-state index contributed by atoms with van der Waals surface area (Å²) in [7, 11) is 0. The molecule has 0 radical (unpaired) electrons. The number of aryl methyl sites for hydroxylation is 2. The van der Waals surface area contributed by atoms with Crippen LogP contribution in [0.3, 0.4) is 0 Å². The maximum Gasteiger partial charge on any atom is 0.340 e. The quantitative estimate of drug-likeness (QED) is 0.247. The predicted octanol–water partition coefficient (Wildman–Crippen LogP) is 4.47. The van der Waals surface area contributed by atoms with Crippen molar-refractivity contribution in [2.45, 2.75) is 27.3 Å². The lowest BCUT2D eigenvalue weighted by Crippen LogP contribution is -2.15. The molecule has 0 aliphatic carbocycles. The molecule has 0 atom stereocenters. The highest BCUT2D eigenvalue weighted by molar-refractivity contribution is 7.09. The van der Waals surface area contributed by atoms with Gasteiger partial charge in [0.05, 0.1) is 17.0 Å². The van der Waals surface area contributed by atoms with Crippen molar-refractivity contribution in [2.75, 3.05) is 6.61 Å². The lowest BCUT2D eigenvalue weighted by molar-refractivity contribution is -0.385. The number of ketones is 1. The molecule has 0 saturated heterocycles. The molecular weight excluding hydrogens is 392 g/mol. The molecule has 0 saturated carbocycles. The molecular formula is C21H20N2O5S. The first kappa shape index (κ1) is 20.5. The normalized spacial score (nSPS) is 10.7. The van der Waals surface area contributed by atoms with Crippen LogP contribution in [0.15, 0.2) is 41.8 Å². The molecule has 29 heavy (non-hydrogen) atoms. The van der Waals surface area contributed by atoms with Crippen molar-refractivity contribution in [2.24, 2.45) is 0 Å². The van der Waals surface area contributed by atoms with Crippen LogP contribution in [-0.2, 0) is 11.3 Å². The van der Waals surface area contributed by atoms with Gasteiger partial charge in [-0.05, 0) is 38.3 Å². The van der Waals surface area contributed by atoms with Gasteiger partial charge in [-0.2, -0.15) is 0 Å². The number of nitro groups is 1. The average Bonchev–Trinajstić information content (AvgIpc) is 3.29. The van der Waals surface area contributed by atoms with Gasteiger partial charge in [-0.1, -0.05) is 18.2 Å². The molecule has 0 unspecified atom stereocenters. The Hall–Kier alpha value is -3.26. The fraction of sp³-hybridized carbons (Fsp3) is 0.238. The van der Waals surface area contributed by atoms with Crippen molar-refractivity contribution in [1.82, 2.24) is 4.57 Å². The van der Waals surface area contributed by atoms with Crippen molar-refractivity contribution >= 4 is 28.8 Å². The third-order valence-electron chi connectivity index (χ3n) is 4.75. The number of carbonyl (C=O) groups excluding carboxylic acids is 2. The number of nitrogens with zero attached hydrogens (tertiary/aromatic N) is 2. The lowest BCUT2D eigenvalue weighted by Gasteiger charge is -2.08. The molecule has 2 heterocycles. The molecule has 3 rings (SSSR count). The maximum absolute atomic E-state index is 12.5. The first-order chi connectivity index (χ1) is 13.8. The highest BCUT2D eigenvalue weighted by Crippen LogP contribution is 2.21. The van der Waals surface area contributed by atoms with Crippen molar-refractivity contribution in [3.05, 3.63) is 84.8 Å². The minimum absolute atomic E-state index is 0.137. The SMILES string of the molecule is Cc1ccc(C(=O)COC(=O)c2cc(C)n(Cc3cccs3)c2C)cc1[N+](=O)[O-]. The Morgan fingerprint density at radius 2 is 1.93 bits per heavy atom. The van der Waals surface area contributed by atoms with E-state index < -0.39 is 23.3 Å². The summed E-state index contributed by atoms with van der Waals surface area (Å²) in [5, 5.41) is 13.0. The van der Waals surface area contributed by atoms with Crippen LogP contribution in [0.25, 0.3) is 0 Å². The van der Waals surface area contributed by atoms with Crippen LogP contribution in [0.1, 0.15) is 42.5 Å². The van der Waals surface area contributed by atoms with Gasteiger partial charge in [0, 0.05) is 33.5 Å². The van der Waals surface area contributed by atoms with Crippen LogP contribution in [0.2, 0.25) is 0 Å². The van der Waals surface area contributed by atoms with Crippen molar-refractivity contribution in [1.29, 1.82) is 0 Å². The molecule has 0 aliphatic rings. The zero-order chi connectivity index (χ0) is 21.1. The Balaban J connectivity index is 1.70. The van der Waals surface area contributed by atoms with Crippen molar-refractivity contribution in [3.63, 3.8) is 0 Å². The fourth-order valence-electron chi connectivity index (χ4n) is 3.08. The summed E-state index contributed by atoms with van der Waals surface area (Å²) >= 11 is 1.64. The number of esters is 1. The summed E-state index contributed by atoms with van der Waals surface area (Å²) in [5.41, 5.74) is 2.55. The van der Waals surface area contributed by atoms with E-state index in [2.05, 4.69) is 0 Å². The Bertz CT molecular complexity index is 1080. The van der Waals surface area contributed by atoms with Gasteiger partial charge in [0.15, 0.2) is 6.61 Å². The van der Waals surface area contributed by atoms with Gasteiger partial charge in [-0.15, -0.1) is 11.3 Å². The van der Waals surface area contributed by atoms with Gasteiger partial charge < -0.3 is 9.30 Å². The summed E-state index contributed by atoms with van der Waals surface area (Å²) < 4.78 is 7.21. The summed E-state index contributed by atoms with van der Waals surface area (Å²) in [6.45, 7) is 5.52. The topological polar surface area (TPSA) is 91.4 Å². The number of hydrogen-bond acceptors (Lipinski definition) is 6. The Morgan fingerprint density at radius 1 is 1.17 bits per heavy atom. The fourth-order valence-corrected chi connectivity index (χ4v) is 3.77. The average molecular weight is 412 g/mol.